The number of benzene rings is 3. The average molecular weight is 426 g/mol. The molecule has 3 aromatic carbocycles. The van der Waals surface area contributed by atoms with E-state index >= 15 is 4.39 Å². The van der Waals surface area contributed by atoms with Crippen LogP contribution in [0.2, 0.25) is 0 Å². The van der Waals surface area contributed by atoms with Crippen molar-refractivity contribution in [2.75, 3.05) is 0 Å². The van der Waals surface area contributed by atoms with E-state index in [2.05, 4.69) is 56.9 Å². The maximum Gasteiger partial charge on any atom is 0.149 e. The molecule has 0 amide bonds. The molecule has 5 rings (SSSR count). The fourth-order valence-electron chi connectivity index (χ4n) is 4.93. The van der Waals surface area contributed by atoms with Crippen molar-refractivity contribution in [2.45, 2.75) is 52.4 Å². The van der Waals surface area contributed by atoms with Crippen LogP contribution in [0.1, 0.15) is 63.5 Å². The molecule has 0 saturated heterocycles. The molecule has 0 spiro atoms. The number of hydrogen-bond donors (Lipinski definition) is 0. The summed E-state index contributed by atoms with van der Waals surface area (Å²) in [7, 11) is 0. The van der Waals surface area contributed by atoms with Crippen LogP contribution in [-0.4, -0.2) is 4.98 Å². The highest BCUT2D eigenvalue weighted by Gasteiger charge is 2.21. The maximum absolute atomic E-state index is 15.2. The van der Waals surface area contributed by atoms with Gasteiger partial charge in [0.1, 0.15) is 17.0 Å². The number of fused-ring (bicyclic) bond motifs is 4. The SMILES string of the molecule is CCC(CC)c1cccc2c(-c3cc(C(C)C)cc4c3oc3ccccc34)ncc(F)c12. The summed E-state index contributed by atoms with van der Waals surface area (Å²) in [6.07, 6.45) is 3.33. The van der Waals surface area contributed by atoms with E-state index in [1.807, 2.05) is 30.3 Å². The number of halogens is 1. The van der Waals surface area contributed by atoms with Gasteiger partial charge in [0.2, 0.25) is 0 Å². The van der Waals surface area contributed by atoms with Gasteiger partial charge in [0.15, 0.2) is 0 Å². The number of aromatic nitrogens is 1. The first-order chi connectivity index (χ1) is 15.5. The third kappa shape index (κ3) is 3.19. The number of pyridine rings is 1. The van der Waals surface area contributed by atoms with Crippen LogP contribution in [0.15, 0.2) is 65.2 Å². The van der Waals surface area contributed by atoms with E-state index in [1.54, 1.807) is 0 Å². The van der Waals surface area contributed by atoms with E-state index in [0.29, 0.717) is 17.2 Å². The largest absolute Gasteiger partial charge is 0.455 e. The zero-order valence-electron chi connectivity index (χ0n) is 19.1. The van der Waals surface area contributed by atoms with Crippen molar-refractivity contribution in [2.24, 2.45) is 0 Å². The highest BCUT2D eigenvalue weighted by molar-refractivity contribution is 6.12. The van der Waals surface area contributed by atoms with Gasteiger partial charge in [-0.3, -0.25) is 4.98 Å². The summed E-state index contributed by atoms with van der Waals surface area (Å²) in [5.41, 5.74) is 5.65. The lowest BCUT2D eigenvalue weighted by Gasteiger charge is -2.18. The minimum absolute atomic E-state index is 0.257. The van der Waals surface area contributed by atoms with Crippen molar-refractivity contribution in [3.63, 3.8) is 0 Å². The van der Waals surface area contributed by atoms with Gasteiger partial charge in [-0.2, -0.15) is 0 Å². The number of rotatable bonds is 5. The van der Waals surface area contributed by atoms with Gasteiger partial charge < -0.3 is 4.42 Å². The molecule has 0 saturated carbocycles. The van der Waals surface area contributed by atoms with Crippen molar-refractivity contribution in [3.8, 4) is 11.3 Å². The molecule has 2 aromatic heterocycles. The predicted molar refractivity (Wildman–Crippen MR) is 132 cm³/mol. The van der Waals surface area contributed by atoms with E-state index in [1.165, 1.54) is 11.8 Å². The van der Waals surface area contributed by atoms with Crippen molar-refractivity contribution in [3.05, 3.63) is 77.7 Å². The molecule has 0 aliphatic carbocycles. The average Bonchev–Trinajstić information content (AvgIpc) is 3.18. The molecule has 0 unspecified atom stereocenters. The first kappa shape index (κ1) is 20.7. The Morgan fingerprint density at radius 2 is 1.66 bits per heavy atom. The first-order valence-electron chi connectivity index (χ1n) is 11.6. The van der Waals surface area contributed by atoms with Crippen molar-refractivity contribution in [1.82, 2.24) is 4.98 Å². The zero-order chi connectivity index (χ0) is 22.4. The Bertz CT molecular complexity index is 1440. The zero-order valence-corrected chi connectivity index (χ0v) is 19.1. The van der Waals surface area contributed by atoms with Gasteiger partial charge in [0.25, 0.3) is 0 Å². The van der Waals surface area contributed by atoms with E-state index in [4.69, 9.17) is 4.42 Å². The second-order valence-corrected chi connectivity index (χ2v) is 8.94. The molecule has 32 heavy (non-hydrogen) atoms. The van der Waals surface area contributed by atoms with E-state index in [9.17, 15) is 0 Å². The molecule has 0 atom stereocenters. The molecule has 0 aliphatic heterocycles. The second kappa shape index (κ2) is 8.05. The molecule has 162 valence electrons. The van der Waals surface area contributed by atoms with Crippen LogP contribution < -0.4 is 0 Å². The summed E-state index contributed by atoms with van der Waals surface area (Å²) in [6.45, 7) is 8.71. The van der Waals surface area contributed by atoms with Gasteiger partial charge in [0.05, 0.1) is 11.9 Å². The smallest absolute Gasteiger partial charge is 0.149 e. The third-order valence-corrected chi connectivity index (χ3v) is 6.75. The van der Waals surface area contributed by atoms with Gasteiger partial charge in [-0.15, -0.1) is 0 Å². The summed E-state index contributed by atoms with van der Waals surface area (Å²) in [5, 5.41) is 3.70. The standard InChI is InChI=1S/C29H28FNO/c1-5-18(6-2)20-11-9-12-22-27(20)25(30)16-31-28(22)24-15-19(17(3)4)14-23-21-10-7-8-13-26(21)32-29(23)24/h7-18H,5-6H2,1-4H3. The lowest BCUT2D eigenvalue weighted by Crippen LogP contribution is -2.00. The molecule has 0 bridgehead atoms. The molecule has 3 heteroatoms. The summed E-state index contributed by atoms with van der Waals surface area (Å²) < 4.78 is 21.5. The fourth-order valence-corrected chi connectivity index (χ4v) is 4.93. The summed E-state index contributed by atoms with van der Waals surface area (Å²) in [6, 6.07) is 18.6. The number of furan rings is 1. The van der Waals surface area contributed by atoms with Gasteiger partial charge in [-0.05, 0) is 54.0 Å². The normalized spacial score (nSPS) is 12.1. The molecule has 2 heterocycles. The van der Waals surface area contributed by atoms with Gasteiger partial charge in [0, 0.05) is 27.1 Å². The molecule has 0 aliphatic rings. The van der Waals surface area contributed by atoms with E-state index in [0.717, 1.165) is 57.0 Å². The summed E-state index contributed by atoms with van der Waals surface area (Å²) >= 11 is 0. The Balaban J connectivity index is 1.89. The predicted octanol–water partition coefficient (Wildman–Crippen LogP) is 8.97. The highest BCUT2D eigenvalue weighted by atomic mass is 19.1. The molecule has 0 N–H and O–H groups in total. The Hall–Kier alpha value is -3.20. The van der Waals surface area contributed by atoms with E-state index < -0.39 is 0 Å². The monoisotopic (exact) mass is 425 g/mol. The van der Waals surface area contributed by atoms with Gasteiger partial charge >= 0.3 is 0 Å². The van der Waals surface area contributed by atoms with Crippen LogP contribution in [0.3, 0.4) is 0 Å². The Morgan fingerprint density at radius 3 is 2.41 bits per heavy atom. The van der Waals surface area contributed by atoms with Crippen molar-refractivity contribution >= 4 is 32.7 Å². The lowest BCUT2D eigenvalue weighted by molar-refractivity contribution is 0.619. The van der Waals surface area contributed by atoms with Gasteiger partial charge in [-0.1, -0.05) is 64.1 Å². The molecule has 2 nitrogen and oxygen atoms in total. The molecule has 0 fully saturated rings. The minimum atomic E-state index is -0.257. The summed E-state index contributed by atoms with van der Waals surface area (Å²) in [4.78, 5) is 4.61. The second-order valence-electron chi connectivity index (χ2n) is 8.94. The molecule has 0 radical (unpaired) electrons. The van der Waals surface area contributed by atoms with Gasteiger partial charge in [-0.25, -0.2) is 4.39 Å². The fraction of sp³-hybridized carbons (Fsp3) is 0.276. The first-order valence-corrected chi connectivity index (χ1v) is 11.6. The van der Waals surface area contributed by atoms with Crippen molar-refractivity contribution < 1.29 is 8.81 Å². The number of nitrogens with zero attached hydrogens (tertiary/aromatic N) is 1. The topological polar surface area (TPSA) is 26.0 Å². The maximum atomic E-state index is 15.2. The Kier molecular flexibility index (Phi) is 5.21. The number of para-hydroxylation sites is 1. The van der Waals surface area contributed by atoms with E-state index in [-0.39, 0.29) is 5.82 Å². The lowest BCUT2D eigenvalue weighted by atomic mass is 9.88. The highest BCUT2D eigenvalue weighted by Crippen LogP contribution is 2.41. The minimum Gasteiger partial charge on any atom is -0.455 e. The van der Waals surface area contributed by atoms with Crippen LogP contribution in [-0.2, 0) is 0 Å². The van der Waals surface area contributed by atoms with Crippen LogP contribution in [0.5, 0.6) is 0 Å². The molecular weight excluding hydrogens is 397 g/mol. The molecule has 5 aromatic rings. The van der Waals surface area contributed by atoms with Crippen LogP contribution in [0.25, 0.3) is 44.0 Å². The summed E-state index contributed by atoms with van der Waals surface area (Å²) in [5.74, 6) is 0.405. The Labute approximate surface area is 188 Å². The third-order valence-electron chi connectivity index (χ3n) is 6.75. The Morgan fingerprint density at radius 1 is 0.906 bits per heavy atom. The van der Waals surface area contributed by atoms with Crippen LogP contribution in [0, 0.1) is 5.82 Å². The number of hydrogen-bond acceptors (Lipinski definition) is 2. The molecular formula is C29H28FNO. The quantitative estimate of drug-likeness (QED) is 0.281. The van der Waals surface area contributed by atoms with Crippen molar-refractivity contribution in [1.29, 1.82) is 0 Å². The van der Waals surface area contributed by atoms with Crippen LogP contribution >= 0.6 is 0 Å². The van der Waals surface area contributed by atoms with Crippen LogP contribution in [0.4, 0.5) is 4.39 Å².